The Labute approximate surface area is 190 Å². The lowest BCUT2D eigenvalue weighted by Crippen LogP contribution is -2.42. The summed E-state index contributed by atoms with van der Waals surface area (Å²) in [6.45, 7) is 1.80. The van der Waals surface area contributed by atoms with Crippen LogP contribution in [0.1, 0.15) is 12.5 Å². The standard InChI is InChI=1S/C24H24N4O5/c1-2-33-24(32)28-21(22(29)30)14-16-6-8-17(9-7-16)18-4-3-5-20(15-18)27-23(31)26-19-10-12-25-13-11-19/h3-13,15,21H,2,14H2,1H3,(H,28,32)(H,29,30)(H2,25,26,27,31)/t21-/m0/s1. The van der Waals surface area contributed by atoms with Crippen LogP contribution in [0.3, 0.4) is 0 Å². The highest BCUT2D eigenvalue weighted by Gasteiger charge is 2.21. The number of carbonyl (C=O) groups excluding carboxylic acids is 2. The Kier molecular flexibility index (Phi) is 7.96. The molecule has 170 valence electrons. The molecule has 3 aromatic rings. The quantitative estimate of drug-likeness (QED) is 0.410. The van der Waals surface area contributed by atoms with Crippen LogP contribution in [0.5, 0.6) is 0 Å². The summed E-state index contributed by atoms with van der Waals surface area (Å²) in [5, 5.41) is 17.2. The minimum atomic E-state index is -1.14. The van der Waals surface area contributed by atoms with E-state index in [9.17, 15) is 19.5 Å². The molecule has 3 amide bonds. The summed E-state index contributed by atoms with van der Waals surface area (Å²) in [4.78, 5) is 39.2. The molecule has 1 atom stereocenters. The molecule has 0 spiro atoms. The number of anilines is 2. The van der Waals surface area contributed by atoms with E-state index < -0.39 is 18.1 Å². The first-order valence-corrected chi connectivity index (χ1v) is 10.3. The van der Waals surface area contributed by atoms with Crippen LogP contribution in [0, 0.1) is 0 Å². The van der Waals surface area contributed by atoms with Gasteiger partial charge in [0.25, 0.3) is 0 Å². The van der Waals surface area contributed by atoms with Gasteiger partial charge in [0.2, 0.25) is 0 Å². The van der Waals surface area contributed by atoms with Crippen LogP contribution in [-0.4, -0.2) is 40.8 Å². The third-order valence-corrected chi connectivity index (χ3v) is 4.65. The number of pyridine rings is 1. The summed E-state index contributed by atoms with van der Waals surface area (Å²) in [5.41, 5.74) is 3.76. The van der Waals surface area contributed by atoms with Gasteiger partial charge in [-0.15, -0.1) is 0 Å². The molecule has 0 fully saturated rings. The molecule has 9 nitrogen and oxygen atoms in total. The van der Waals surface area contributed by atoms with Gasteiger partial charge in [0.05, 0.1) is 6.61 Å². The Bertz CT molecular complexity index is 1100. The molecule has 0 saturated heterocycles. The lowest BCUT2D eigenvalue weighted by Gasteiger charge is -2.14. The molecule has 33 heavy (non-hydrogen) atoms. The van der Waals surface area contributed by atoms with Crippen molar-refractivity contribution in [1.82, 2.24) is 10.3 Å². The average Bonchev–Trinajstić information content (AvgIpc) is 2.80. The van der Waals surface area contributed by atoms with Gasteiger partial charge in [-0.25, -0.2) is 14.4 Å². The molecule has 0 aliphatic carbocycles. The van der Waals surface area contributed by atoms with Gasteiger partial charge in [-0.1, -0.05) is 36.4 Å². The highest BCUT2D eigenvalue weighted by molar-refractivity contribution is 6.00. The predicted molar refractivity (Wildman–Crippen MR) is 124 cm³/mol. The monoisotopic (exact) mass is 448 g/mol. The van der Waals surface area contributed by atoms with Crippen molar-refractivity contribution >= 4 is 29.5 Å². The minimum absolute atomic E-state index is 0.116. The second-order valence-corrected chi connectivity index (χ2v) is 7.05. The molecule has 3 rings (SSSR count). The van der Waals surface area contributed by atoms with Gasteiger partial charge in [0, 0.05) is 30.2 Å². The highest BCUT2D eigenvalue weighted by Crippen LogP contribution is 2.23. The van der Waals surface area contributed by atoms with E-state index in [0.717, 1.165) is 16.7 Å². The first-order valence-electron chi connectivity index (χ1n) is 10.3. The number of amides is 3. The number of nitrogens with zero attached hydrogens (tertiary/aromatic N) is 1. The summed E-state index contributed by atoms with van der Waals surface area (Å²) in [6, 6.07) is 16.6. The first kappa shape index (κ1) is 23.3. The maximum Gasteiger partial charge on any atom is 0.407 e. The number of aromatic nitrogens is 1. The summed E-state index contributed by atoms with van der Waals surface area (Å²) in [6.07, 6.45) is 2.53. The Hall–Kier alpha value is -4.40. The van der Waals surface area contributed by atoms with Crippen LogP contribution < -0.4 is 16.0 Å². The number of hydrogen-bond acceptors (Lipinski definition) is 5. The van der Waals surface area contributed by atoms with Gasteiger partial charge in [0.15, 0.2) is 0 Å². The second kappa shape index (κ2) is 11.3. The van der Waals surface area contributed by atoms with Crippen molar-refractivity contribution < 1.29 is 24.2 Å². The normalized spacial score (nSPS) is 11.2. The predicted octanol–water partition coefficient (Wildman–Crippen LogP) is 4.13. The van der Waals surface area contributed by atoms with E-state index in [1.807, 2.05) is 30.3 Å². The molecule has 2 aromatic carbocycles. The second-order valence-electron chi connectivity index (χ2n) is 7.05. The first-order chi connectivity index (χ1) is 15.9. The van der Waals surface area contributed by atoms with Crippen molar-refractivity contribution in [2.24, 2.45) is 0 Å². The number of nitrogens with one attached hydrogen (secondary N) is 3. The Morgan fingerprint density at radius 1 is 0.939 bits per heavy atom. The highest BCUT2D eigenvalue weighted by atomic mass is 16.5. The number of aliphatic carboxylic acids is 1. The maximum absolute atomic E-state index is 12.2. The lowest BCUT2D eigenvalue weighted by molar-refractivity contribution is -0.139. The zero-order valence-electron chi connectivity index (χ0n) is 17.9. The lowest BCUT2D eigenvalue weighted by atomic mass is 10.0. The maximum atomic E-state index is 12.2. The molecule has 0 unspecified atom stereocenters. The van der Waals surface area contributed by atoms with Crippen LogP contribution in [0.15, 0.2) is 73.1 Å². The van der Waals surface area contributed by atoms with Crippen LogP contribution in [0.4, 0.5) is 21.0 Å². The number of rotatable bonds is 8. The van der Waals surface area contributed by atoms with Crippen LogP contribution in [0.2, 0.25) is 0 Å². The zero-order valence-corrected chi connectivity index (χ0v) is 17.9. The minimum Gasteiger partial charge on any atom is -0.480 e. The molecule has 0 radical (unpaired) electrons. The van der Waals surface area contributed by atoms with Crippen molar-refractivity contribution in [3.8, 4) is 11.1 Å². The topological polar surface area (TPSA) is 130 Å². The van der Waals surface area contributed by atoms with E-state index in [1.165, 1.54) is 0 Å². The van der Waals surface area contributed by atoms with Crippen LogP contribution in [-0.2, 0) is 16.0 Å². The summed E-state index contributed by atoms with van der Waals surface area (Å²) >= 11 is 0. The molecule has 1 heterocycles. The number of carbonyl (C=O) groups is 3. The third kappa shape index (κ3) is 7.06. The van der Waals surface area contributed by atoms with Crippen molar-refractivity contribution in [3.63, 3.8) is 0 Å². The molecule has 9 heteroatoms. The van der Waals surface area contributed by atoms with Crippen molar-refractivity contribution in [2.75, 3.05) is 17.2 Å². The molecular formula is C24H24N4O5. The number of alkyl carbamates (subject to hydrolysis) is 1. The van der Waals surface area contributed by atoms with E-state index >= 15 is 0 Å². The fourth-order valence-electron chi connectivity index (χ4n) is 3.09. The van der Waals surface area contributed by atoms with E-state index in [1.54, 1.807) is 49.6 Å². The Morgan fingerprint density at radius 2 is 1.64 bits per heavy atom. The number of carboxylic acid groups (broad SMARTS) is 1. The smallest absolute Gasteiger partial charge is 0.407 e. The van der Waals surface area contributed by atoms with Crippen molar-refractivity contribution in [3.05, 3.63) is 78.6 Å². The van der Waals surface area contributed by atoms with E-state index in [2.05, 4.69) is 20.9 Å². The molecule has 4 N–H and O–H groups in total. The fourth-order valence-corrected chi connectivity index (χ4v) is 3.09. The number of hydrogen-bond donors (Lipinski definition) is 4. The number of urea groups is 1. The molecule has 1 aromatic heterocycles. The van der Waals surface area contributed by atoms with Gasteiger partial charge in [-0.3, -0.25) is 4.98 Å². The largest absolute Gasteiger partial charge is 0.480 e. The van der Waals surface area contributed by atoms with E-state index in [-0.39, 0.29) is 19.1 Å². The molecule has 0 aliphatic heterocycles. The zero-order chi connectivity index (χ0) is 23.6. The SMILES string of the molecule is CCOC(=O)N[C@@H](Cc1ccc(-c2cccc(NC(=O)Nc3ccncc3)c2)cc1)C(=O)O. The van der Waals surface area contributed by atoms with Gasteiger partial charge in [-0.2, -0.15) is 0 Å². The number of ether oxygens (including phenoxy) is 1. The molecule has 0 saturated carbocycles. The van der Waals surface area contributed by atoms with Gasteiger partial charge >= 0.3 is 18.1 Å². The van der Waals surface area contributed by atoms with Crippen molar-refractivity contribution in [2.45, 2.75) is 19.4 Å². The van der Waals surface area contributed by atoms with E-state index in [4.69, 9.17) is 4.74 Å². The summed E-state index contributed by atoms with van der Waals surface area (Å²) in [7, 11) is 0. The number of benzene rings is 2. The molecule has 0 bridgehead atoms. The van der Waals surface area contributed by atoms with Gasteiger partial charge in [-0.05, 0) is 47.9 Å². The van der Waals surface area contributed by atoms with E-state index in [0.29, 0.717) is 11.4 Å². The summed E-state index contributed by atoms with van der Waals surface area (Å²) < 4.78 is 4.76. The Morgan fingerprint density at radius 3 is 2.30 bits per heavy atom. The summed E-state index contributed by atoms with van der Waals surface area (Å²) in [5.74, 6) is -1.14. The van der Waals surface area contributed by atoms with Crippen LogP contribution >= 0.6 is 0 Å². The Balaban J connectivity index is 1.65. The molecule has 0 aliphatic rings. The fraction of sp³-hybridized carbons (Fsp3) is 0.167. The van der Waals surface area contributed by atoms with Gasteiger partial charge in [0.1, 0.15) is 6.04 Å². The van der Waals surface area contributed by atoms with Gasteiger partial charge < -0.3 is 25.8 Å². The number of carboxylic acids is 1. The van der Waals surface area contributed by atoms with Crippen molar-refractivity contribution in [1.29, 1.82) is 0 Å². The average molecular weight is 448 g/mol. The third-order valence-electron chi connectivity index (χ3n) is 4.65. The molecular weight excluding hydrogens is 424 g/mol. The van der Waals surface area contributed by atoms with Crippen LogP contribution in [0.25, 0.3) is 11.1 Å².